The molecule has 2 aromatic carbocycles. The molecule has 30 heavy (non-hydrogen) atoms. The molecule has 158 valence electrons. The minimum absolute atomic E-state index is 0.0520. The molecule has 1 aliphatic rings. The molecule has 0 spiro atoms. The number of rotatable bonds is 5. The van der Waals surface area contributed by atoms with E-state index in [1.165, 1.54) is 0 Å². The third-order valence-electron chi connectivity index (χ3n) is 4.49. The van der Waals surface area contributed by atoms with Crippen molar-refractivity contribution in [3.8, 4) is 5.75 Å². The van der Waals surface area contributed by atoms with E-state index in [0.29, 0.717) is 11.3 Å². The zero-order valence-corrected chi connectivity index (χ0v) is 17.9. The summed E-state index contributed by atoms with van der Waals surface area (Å²) in [4.78, 5) is 29.3. The molecule has 0 radical (unpaired) electrons. The fourth-order valence-corrected chi connectivity index (χ4v) is 5.57. The lowest BCUT2D eigenvalue weighted by Gasteiger charge is -2.30. The predicted octanol–water partition coefficient (Wildman–Crippen LogP) is 3.13. The highest BCUT2D eigenvalue weighted by Gasteiger charge is 2.54. The lowest BCUT2D eigenvalue weighted by Crippen LogP contribution is -2.45. The monoisotopic (exact) mass is 428 g/mol. The maximum absolute atomic E-state index is 13.2. The molecule has 1 aliphatic heterocycles. The van der Waals surface area contributed by atoms with Gasteiger partial charge in [0, 0.05) is 0 Å². The first-order valence-corrected chi connectivity index (χ1v) is 11.1. The van der Waals surface area contributed by atoms with Gasteiger partial charge in [-0.2, -0.15) is 0 Å². The molecule has 1 amide bonds. The van der Waals surface area contributed by atoms with Gasteiger partial charge >= 0.3 is 5.97 Å². The lowest BCUT2D eigenvalue weighted by molar-refractivity contribution is -0.134. The number of ether oxygens (including phenoxy) is 1. The standard InChI is InChI=1S/C22H24N2O5S/c1-22(2,3)24-21(26)19(20(30(24,27)28)16-10-6-4-7-11-16)23-15-14-18(25)29-17-12-8-5-9-13-17/h4-13,20H,14-15H2,1-3H3. The molecular formula is C22H24N2O5S. The van der Waals surface area contributed by atoms with E-state index in [-0.39, 0.29) is 18.7 Å². The van der Waals surface area contributed by atoms with Crippen LogP contribution < -0.4 is 4.74 Å². The Morgan fingerprint density at radius 2 is 1.60 bits per heavy atom. The summed E-state index contributed by atoms with van der Waals surface area (Å²) in [6.07, 6.45) is -0.0806. The molecule has 1 fully saturated rings. The van der Waals surface area contributed by atoms with Crippen molar-refractivity contribution in [2.24, 2.45) is 4.99 Å². The summed E-state index contributed by atoms with van der Waals surface area (Å²) in [5.74, 6) is -0.758. The Hall–Kier alpha value is -3.00. The molecule has 0 aliphatic carbocycles. The second-order valence-corrected chi connectivity index (χ2v) is 9.75. The van der Waals surface area contributed by atoms with Crippen molar-refractivity contribution in [2.45, 2.75) is 38.0 Å². The second kappa shape index (κ2) is 8.39. The number of hydrogen-bond acceptors (Lipinski definition) is 6. The predicted molar refractivity (Wildman–Crippen MR) is 114 cm³/mol. The minimum atomic E-state index is -4.00. The molecule has 0 saturated carbocycles. The Kier molecular flexibility index (Phi) is 6.07. The van der Waals surface area contributed by atoms with Crippen molar-refractivity contribution >= 4 is 27.6 Å². The highest BCUT2D eigenvalue weighted by molar-refractivity contribution is 7.91. The van der Waals surface area contributed by atoms with Gasteiger partial charge in [0.05, 0.1) is 18.5 Å². The molecule has 0 aromatic heterocycles. The number of carbonyl (C=O) groups excluding carboxylic acids is 2. The molecule has 1 heterocycles. The molecule has 0 N–H and O–H groups in total. The van der Waals surface area contributed by atoms with Crippen LogP contribution in [-0.4, -0.2) is 42.4 Å². The van der Waals surface area contributed by atoms with Crippen molar-refractivity contribution in [3.05, 3.63) is 66.2 Å². The lowest BCUT2D eigenvalue weighted by atomic mass is 10.1. The second-order valence-electron chi connectivity index (χ2n) is 7.88. The number of amides is 1. The van der Waals surface area contributed by atoms with E-state index in [2.05, 4.69) is 4.99 Å². The van der Waals surface area contributed by atoms with Gasteiger partial charge in [-0.3, -0.25) is 14.6 Å². The molecule has 1 unspecified atom stereocenters. The van der Waals surface area contributed by atoms with Crippen LogP contribution in [0, 0.1) is 0 Å². The normalized spacial score (nSPS) is 19.8. The van der Waals surface area contributed by atoms with Crippen LogP contribution in [0.15, 0.2) is 65.7 Å². The van der Waals surface area contributed by atoms with Crippen LogP contribution in [0.1, 0.15) is 38.0 Å². The summed E-state index contributed by atoms with van der Waals surface area (Å²) in [6, 6.07) is 17.1. The highest BCUT2D eigenvalue weighted by atomic mass is 32.2. The molecule has 1 atom stereocenters. The summed E-state index contributed by atoms with van der Waals surface area (Å²) in [5.41, 5.74) is -0.557. The first kappa shape index (κ1) is 21.7. The van der Waals surface area contributed by atoms with Crippen molar-refractivity contribution in [1.82, 2.24) is 4.31 Å². The number of para-hydroxylation sites is 1. The zero-order chi connectivity index (χ0) is 21.9. The van der Waals surface area contributed by atoms with Crippen LogP contribution in [0.2, 0.25) is 0 Å². The van der Waals surface area contributed by atoms with E-state index >= 15 is 0 Å². The number of benzene rings is 2. The molecule has 1 saturated heterocycles. The quantitative estimate of drug-likeness (QED) is 0.539. The van der Waals surface area contributed by atoms with E-state index in [1.54, 1.807) is 81.4 Å². The van der Waals surface area contributed by atoms with Crippen molar-refractivity contribution in [1.29, 1.82) is 0 Å². The Bertz CT molecular complexity index is 1060. The number of aliphatic imine (C=N–C) groups is 1. The van der Waals surface area contributed by atoms with Gasteiger partial charge in [-0.25, -0.2) is 12.7 Å². The Balaban J connectivity index is 1.86. The SMILES string of the molecule is CC(C)(C)N1C(=O)C(=NCCC(=O)Oc2ccccc2)C(c2ccccc2)S1(=O)=O. The minimum Gasteiger partial charge on any atom is -0.426 e. The fraction of sp³-hybridized carbons (Fsp3) is 0.318. The van der Waals surface area contributed by atoms with Crippen molar-refractivity contribution < 1.29 is 22.7 Å². The third-order valence-corrected chi connectivity index (χ3v) is 6.80. The zero-order valence-electron chi connectivity index (χ0n) is 17.1. The van der Waals surface area contributed by atoms with E-state index in [4.69, 9.17) is 4.74 Å². The van der Waals surface area contributed by atoms with Gasteiger partial charge < -0.3 is 4.74 Å². The highest BCUT2D eigenvalue weighted by Crippen LogP contribution is 2.38. The number of esters is 1. The summed E-state index contributed by atoms with van der Waals surface area (Å²) >= 11 is 0. The largest absolute Gasteiger partial charge is 0.426 e. The third kappa shape index (κ3) is 4.43. The maximum atomic E-state index is 13.2. The van der Waals surface area contributed by atoms with Crippen molar-refractivity contribution in [2.75, 3.05) is 6.54 Å². The first-order chi connectivity index (χ1) is 14.1. The van der Waals surface area contributed by atoms with Gasteiger partial charge in [0.2, 0.25) is 0 Å². The molecule has 8 heteroatoms. The van der Waals surface area contributed by atoms with Crippen LogP contribution in [0.5, 0.6) is 5.75 Å². The summed E-state index contributed by atoms with van der Waals surface area (Å²) < 4.78 is 32.6. The summed E-state index contributed by atoms with van der Waals surface area (Å²) in [6.45, 7) is 4.92. The molecule has 3 rings (SSSR count). The van der Waals surface area contributed by atoms with Gasteiger partial charge in [-0.1, -0.05) is 48.5 Å². The molecular weight excluding hydrogens is 404 g/mol. The smallest absolute Gasteiger partial charge is 0.313 e. The van der Waals surface area contributed by atoms with Gasteiger partial charge in [0.15, 0.2) is 5.25 Å². The van der Waals surface area contributed by atoms with E-state index in [0.717, 1.165) is 4.31 Å². The Labute approximate surface area is 176 Å². The van der Waals surface area contributed by atoms with Crippen molar-refractivity contribution in [3.63, 3.8) is 0 Å². The molecule has 7 nitrogen and oxygen atoms in total. The molecule has 2 aromatic rings. The Morgan fingerprint density at radius 1 is 1.03 bits per heavy atom. The molecule has 0 bridgehead atoms. The Morgan fingerprint density at radius 3 is 2.17 bits per heavy atom. The van der Waals surface area contributed by atoms with Crippen LogP contribution in [0.25, 0.3) is 0 Å². The topological polar surface area (TPSA) is 93.1 Å². The maximum Gasteiger partial charge on any atom is 0.313 e. The average molecular weight is 429 g/mol. The van der Waals surface area contributed by atoms with Crippen LogP contribution in [-0.2, 0) is 19.6 Å². The number of carbonyl (C=O) groups is 2. The van der Waals surface area contributed by atoms with E-state index in [9.17, 15) is 18.0 Å². The van der Waals surface area contributed by atoms with E-state index in [1.807, 2.05) is 0 Å². The fourth-order valence-electron chi connectivity index (χ4n) is 3.31. The van der Waals surface area contributed by atoms with Crippen LogP contribution in [0.3, 0.4) is 0 Å². The van der Waals surface area contributed by atoms with Gasteiger partial charge in [0.25, 0.3) is 15.9 Å². The summed E-state index contributed by atoms with van der Waals surface area (Å²) in [7, 11) is -4.00. The number of hydrogen-bond donors (Lipinski definition) is 0. The first-order valence-electron chi connectivity index (χ1n) is 9.56. The van der Waals surface area contributed by atoms with Gasteiger partial charge in [-0.15, -0.1) is 0 Å². The average Bonchev–Trinajstić information content (AvgIpc) is 2.88. The summed E-state index contributed by atoms with van der Waals surface area (Å²) in [5, 5.41) is -1.20. The van der Waals surface area contributed by atoms with Crippen LogP contribution in [0.4, 0.5) is 0 Å². The number of nitrogens with zero attached hydrogens (tertiary/aromatic N) is 2. The van der Waals surface area contributed by atoms with Crippen LogP contribution >= 0.6 is 0 Å². The number of sulfonamides is 1. The van der Waals surface area contributed by atoms with Gasteiger partial charge in [0.1, 0.15) is 11.5 Å². The van der Waals surface area contributed by atoms with Gasteiger partial charge in [-0.05, 0) is 38.5 Å². The van der Waals surface area contributed by atoms with E-state index < -0.39 is 32.7 Å².